The molecule has 9 nitrogen and oxygen atoms in total. The Morgan fingerprint density at radius 1 is 1.02 bits per heavy atom. The minimum atomic E-state index is -0.348. The normalized spacial score (nSPS) is 17.9. The van der Waals surface area contributed by atoms with Crippen molar-refractivity contribution in [2.24, 2.45) is 10.5 Å². The Bertz CT molecular complexity index is 1180. The Labute approximate surface area is 237 Å². The number of benzene rings is 2. The zero-order chi connectivity index (χ0) is 28.7. The average Bonchev–Trinajstić information content (AvgIpc) is 3.40. The fourth-order valence-corrected chi connectivity index (χ4v) is 5.06. The van der Waals surface area contributed by atoms with Crippen molar-refractivity contribution < 1.29 is 23.8 Å². The third-order valence-electron chi connectivity index (χ3n) is 7.24. The van der Waals surface area contributed by atoms with E-state index < -0.39 is 0 Å². The lowest BCUT2D eigenvalue weighted by molar-refractivity contribution is -0.142. The largest absolute Gasteiger partial charge is 0.497 e. The number of rotatable bonds is 10. The quantitative estimate of drug-likeness (QED) is 0.445. The lowest BCUT2D eigenvalue weighted by Gasteiger charge is -2.32. The molecule has 2 aliphatic heterocycles. The van der Waals surface area contributed by atoms with E-state index in [2.05, 4.69) is 4.90 Å². The van der Waals surface area contributed by atoms with Gasteiger partial charge >= 0.3 is 0 Å². The Morgan fingerprint density at radius 3 is 2.38 bits per heavy atom. The van der Waals surface area contributed by atoms with Gasteiger partial charge in [0.25, 0.3) is 5.91 Å². The number of nitrogens with zero attached hydrogens (tertiary/aromatic N) is 4. The molecule has 2 aromatic carbocycles. The van der Waals surface area contributed by atoms with Crippen molar-refractivity contribution >= 4 is 17.5 Å². The predicted octanol–water partition coefficient (Wildman–Crippen LogP) is 3.98. The summed E-state index contributed by atoms with van der Waals surface area (Å²) >= 11 is 0. The highest BCUT2D eigenvalue weighted by molar-refractivity contribution is 6.03. The summed E-state index contributed by atoms with van der Waals surface area (Å²) in [6, 6.07) is 15.0. The van der Waals surface area contributed by atoms with E-state index in [0.29, 0.717) is 44.9 Å². The molecule has 0 unspecified atom stereocenters. The summed E-state index contributed by atoms with van der Waals surface area (Å²) < 4.78 is 16.4. The minimum absolute atomic E-state index is 0.0264. The third-order valence-corrected chi connectivity index (χ3v) is 7.24. The molecule has 2 aromatic rings. The summed E-state index contributed by atoms with van der Waals surface area (Å²) in [7, 11) is 3.26. The number of carbonyl (C=O) groups is 2. The maximum atomic E-state index is 14.0. The van der Waals surface area contributed by atoms with Gasteiger partial charge in [0, 0.05) is 44.6 Å². The molecule has 2 heterocycles. The molecule has 0 aliphatic carbocycles. The lowest BCUT2D eigenvalue weighted by atomic mass is 9.91. The summed E-state index contributed by atoms with van der Waals surface area (Å²) in [6.07, 6.45) is 0.891. The highest BCUT2D eigenvalue weighted by Crippen LogP contribution is 2.37. The second-order valence-corrected chi connectivity index (χ2v) is 11.5. The number of methoxy groups -OCH3 is 2. The van der Waals surface area contributed by atoms with Crippen LogP contribution in [0.25, 0.3) is 0 Å². The first-order valence-corrected chi connectivity index (χ1v) is 13.9. The number of hydrazone groups is 1. The van der Waals surface area contributed by atoms with Gasteiger partial charge in [-0.3, -0.25) is 14.5 Å². The molecule has 40 heavy (non-hydrogen) atoms. The van der Waals surface area contributed by atoms with Crippen molar-refractivity contribution in [1.82, 2.24) is 14.8 Å². The second kappa shape index (κ2) is 13.3. The van der Waals surface area contributed by atoms with Crippen molar-refractivity contribution in [2.45, 2.75) is 39.7 Å². The van der Waals surface area contributed by atoms with E-state index in [-0.39, 0.29) is 29.8 Å². The molecule has 0 N–H and O–H groups in total. The maximum absolute atomic E-state index is 14.0. The van der Waals surface area contributed by atoms with Crippen LogP contribution in [0.15, 0.2) is 53.6 Å². The standard InChI is InChI=1S/C31H42N4O5/c1-31(2,3)21-29(36)34(15-14-33-16-18-40-19-17-33)22-30(37)35-27(25-8-6-7-9-28(25)39-5)20-26(32-35)23-10-12-24(38-4)13-11-23/h6-13,27H,14-22H2,1-5H3/t27-/m0/s1. The Morgan fingerprint density at radius 2 is 1.73 bits per heavy atom. The number of para-hydroxylation sites is 1. The van der Waals surface area contributed by atoms with Crippen LogP contribution < -0.4 is 9.47 Å². The van der Waals surface area contributed by atoms with Gasteiger partial charge in [0.1, 0.15) is 18.0 Å². The first kappa shape index (κ1) is 29.6. The lowest BCUT2D eigenvalue weighted by Crippen LogP contribution is -2.47. The van der Waals surface area contributed by atoms with E-state index in [1.165, 1.54) is 0 Å². The van der Waals surface area contributed by atoms with Crippen LogP contribution in [0.2, 0.25) is 0 Å². The minimum Gasteiger partial charge on any atom is -0.497 e. The Kier molecular flexibility index (Phi) is 9.81. The molecule has 0 spiro atoms. The first-order valence-electron chi connectivity index (χ1n) is 13.9. The van der Waals surface area contributed by atoms with E-state index in [1.54, 1.807) is 24.1 Å². The number of hydrogen-bond donors (Lipinski definition) is 0. The Balaban J connectivity index is 1.60. The number of ether oxygens (including phenoxy) is 3. The summed E-state index contributed by atoms with van der Waals surface area (Å²) in [5.41, 5.74) is 2.41. The van der Waals surface area contributed by atoms with Crippen LogP contribution in [-0.4, -0.2) is 92.5 Å². The molecule has 0 saturated carbocycles. The summed E-state index contributed by atoms with van der Waals surface area (Å²) in [5.74, 6) is 1.21. The van der Waals surface area contributed by atoms with Gasteiger partial charge in [-0.25, -0.2) is 5.01 Å². The summed E-state index contributed by atoms with van der Waals surface area (Å²) in [6.45, 7) is 10.3. The summed E-state index contributed by atoms with van der Waals surface area (Å²) in [4.78, 5) is 31.4. The van der Waals surface area contributed by atoms with E-state index in [0.717, 1.165) is 35.7 Å². The van der Waals surface area contributed by atoms with Gasteiger partial charge in [0.15, 0.2) is 0 Å². The molecule has 1 saturated heterocycles. The number of morpholine rings is 1. The van der Waals surface area contributed by atoms with Crippen LogP contribution in [0.3, 0.4) is 0 Å². The van der Waals surface area contributed by atoms with Gasteiger partial charge in [-0.1, -0.05) is 39.0 Å². The van der Waals surface area contributed by atoms with Crippen LogP contribution >= 0.6 is 0 Å². The van der Waals surface area contributed by atoms with Crippen molar-refractivity contribution in [2.75, 3.05) is 60.2 Å². The molecule has 1 fully saturated rings. The fraction of sp³-hybridized carbons (Fsp3) is 0.516. The van der Waals surface area contributed by atoms with Crippen molar-refractivity contribution in [3.63, 3.8) is 0 Å². The van der Waals surface area contributed by atoms with Crippen LogP contribution in [-0.2, 0) is 14.3 Å². The maximum Gasteiger partial charge on any atom is 0.262 e. The van der Waals surface area contributed by atoms with Crippen LogP contribution in [0.4, 0.5) is 0 Å². The molecule has 1 atom stereocenters. The Hall–Kier alpha value is -3.43. The smallest absolute Gasteiger partial charge is 0.262 e. The van der Waals surface area contributed by atoms with E-state index in [9.17, 15) is 9.59 Å². The van der Waals surface area contributed by atoms with Gasteiger partial charge in [0.05, 0.1) is 39.2 Å². The van der Waals surface area contributed by atoms with Crippen LogP contribution in [0.1, 0.15) is 50.8 Å². The molecule has 216 valence electrons. The monoisotopic (exact) mass is 550 g/mol. The van der Waals surface area contributed by atoms with Gasteiger partial charge < -0.3 is 19.1 Å². The molecule has 0 bridgehead atoms. The molecule has 2 aliphatic rings. The molecule has 0 radical (unpaired) electrons. The van der Waals surface area contributed by atoms with Gasteiger partial charge in [-0.15, -0.1) is 0 Å². The molecule has 4 rings (SSSR count). The van der Waals surface area contributed by atoms with Crippen LogP contribution in [0.5, 0.6) is 11.5 Å². The molecule has 0 aromatic heterocycles. The van der Waals surface area contributed by atoms with Gasteiger partial charge in [-0.2, -0.15) is 5.10 Å². The van der Waals surface area contributed by atoms with Crippen molar-refractivity contribution in [1.29, 1.82) is 0 Å². The number of hydrogen-bond acceptors (Lipinski definition) is 7. The van der Waals surface area contributed by atoms with Crippen LogP contribution in [0, 0.1) is 5.41 Å². The topological polar surface area (TPSA) is 83.9 Å². The predicted molar refractivity (Wildman–Crippen MR) is 155 cm³/mol. The summed E-state index contributed by atoms with van der Waals surface area (Å²) in [5, 5.41) is 6.37. The highest BCUT2D eigenvalue weighted by Gasteiger charge is 2.36. The van der Waals surface area contributed by atoms with Gasteiger partial charge in [0.2, 0.25) is 5.91 Å². The zero-order valence-corrected chi connectivity index (χ0v) is 24.4. The van der Waals surface area contributed by atoms with E-state index >= 15 is 0 Å². The molecule has 9 heteroatoms. The number of carbonyl (C=O) groups excluding carboxylic acids is 2. The third kappa shape index (κ3) is 7.61. The molecule has 2 amide bonds. The van der Waals surface area contributed by atoms with Crippen molar-refractivity contribution in [3.05, 3.63) is 59.7 Å². The molecular formula is C31H42N4O5. The second-order valence-electron chi connectivity index (χ2n) is 11.5. The molecular weight excluding hydrogens is 508 g/mol. The van der Waals surface area contributed by atoms with Gasteiger partial charge in [-0.05, 0) is 41.3 Å². The van der Waals surface area contributed by atoms with Crippen molar-refractivity contribution in [3.8, 4) is 11.5 Å². The SMILES string of the molecule is COc1ccc(C2=NN(C(=O)CN(CCN3CCOCC3)C(=O)CC(C)(C)C)[C@H](c3ccccc3OC)C2)cc1. The number of amides is 2. The first-order chi connectivity index (χ1) is 19.2. The fourth-order valence-electron chi connectivity index (χ4n) is 5.06. The van der Waals surface area contributed by atoms with E-state index in [1.807, 2.05) is 69.3 Å². The van der Waals surface area contributed by atoms with E-state index in [4.69, 9.17) is 19.3 Å². The zero-order valence-electron chi connectivity index (χ0n) is 24.4. The highest BCUT2D eigenvalue weighted by atomic mass is 16.5. The average molecular weight is 551 g/mol.